The Kier molecular flexibility index (Phi) is 3.22. The minimum absolute atomic E-state index is 0.575. The van der Waals surface area contributed by atoms with Crippen LogP contribution in [0.3, 0.4) is 0 Å². The third kappa shape index (κ3) is 2.29. The maximum Gasteiger partial charge on any atom is 0.0858 e. The number of halogens is 1. The van der Waals surface area contributed by atoms with Crippen LogP contribution >= 0.6 is 11.6 Å². The highest BCUT2D eigenvalue weighted by molar-refractivity contribution is 6.18. The summed E-state index contributed by atoms with van der Waals surface area (Å²) in [6.07, 6.45) is 2.50. The predicted octanol–water partition coefficient (Wildman–Crippen LogP) is 3.22. The van der Waals surface area contributed by atoms with Gasteiger partial charge < -0.3 is 0 Å². The van der Waals surface area contributed by atoms with Crippen LogP contribution in [0.25, 0.3) is 10.9 Å². The van der Waals surface area contributed by atoms with Crippen LogP contribution in [-0.2, 0) is 0 Å². The van der Waals surface area contributed by atoms with Crippen molar-refractivity contribution in [1.82, 2.24) is 4.98 Å². The molecular weight excluding hydrogens is 206 g/mol. The van der Waals surface area contributed by atoms with E-state index in [1.165, 1.54) is 0 Å². The van der Waals surface area contributed by atoms with Gasteiger partial charge >= 0.3 is 0 Å². The van der Waals surface area contributed by atoms with Crippen molar-refractivity contribution in [2.75, 3.05) is 5.88 Å². The van der Waals surface area contributed by atoms with Crippen LogP contribution in [0.2, 0.25) is 0 Å². The van der Waals surface area contributed by atoms with Crippen LogP contribution < -0.4 is 0 Å². The summed E-state index contributed by atoms with van der Waals surface area (Å²) < 4.78 is 0. The maximum absolute atomic E-state index is 5.57. The summed E-state index contributed by atoms with van der Waals surface area (Å²) in [4.78, 5) is 4.32. The minimum Gasteiger partial charge on any atom is -0.255 e. The first-order valence-electron chi connectivity index (χ1n) is 4.80. The summed E-state index contributed by atoms with van der Waals surface area (Å²) in [5.41, 5.74) is 1.93. The molecule has 1 aromatic carbocycles. The Labute approximate surface area is 94.1 Å². The van der Waals surface area contributed by atoms with Crippen LogP contribution in [0.1, 0.15) is 12.0 Å². The van der Waals surface area contributed by atoms with Crippen molar-refractivity contribution < 1.29 is 0 Å². The van der Waals surface area contributed by atoms with Gasteiger partial charge in [0.05, 0.1) is 11.1 Å². The van der Waals surface area contributed by atoms with Gasteiger partial charge in [-0.3, -0.25) is 4.98 Å². The van der Waals surface area contributed by atoms with Crippen molar-refractivity contribution >= 4 is 22.5 Å². The molecule has 0 amide bonds. The topological polar surface area (TPSA) is 12.9 Å². The van der Waals surface area contributed by atoms with Crippen molar-refractivity contribution in [3.8, 4) is 11.8 Å². The quantitative estimate of drug-likeness (QED) is 0.526. The third-order valence-electron chi connectivity index (χ3n) is 2.08. The number of aromatic nitrogens is 1. The first-order valence-corrected chi connectivity index (χ1v) is 5.34. The third-order valence-corrected chi connectivity index (χ3v) is 2.26. The molecule has 1 nitrogen and oxygen atoms in total. The Morgan fingerprint density at radius 2 is 2.07 bits per heavy atom. The van der Waals surface area contributed by atoms with E-state index in [1.54, 1.807) is 6.20 Å². The number of alkyl halides is 1. The number of hydrogen-bond donors (Lipinski definition) is 0. The largest absolute Gasteiger partial charge is 0.255 e. The molecule has 0 aliphatic heterocycles. The number of para-hydroxylation sites is 1. The molecule has 0 saturated carbocycles. The molecule has 0 radical (unpaired) electrons. The zero-order chi connectivity index (χ0) is 10.5. The molecule has 0 saturated heterocycles. The van der Waals surface area contributed by atoms with Crippen LogP contribution in [0, 0.1) is 11.8 Å². The summed E-state index contributed by atoms with van der Waals surface area (Å²) in [5.74, 6) is 6.69. The fraction of sp³-hybridized carbons (Fsp3) is 0.154. The molecular formula is C13H10ClN. The zero-order valence-electron chi connectivity index (χ0n) is 8.20. The second-order valence-electron chi connectivity index (χ2n) is 3.12. The van der Waals surface area contributed by atoms with E-state index >= 15 is 0 Å². The summed E-state index contributed by atoms with van der Waals surface area (Å²) in [5, 5.41) is 1.12. The molecule has 0 aliphatic carbocycles. The first kappa shape index (κ1) is 10.0. The van der Waals surface area contributed by atoms with E-state index in [-0.39, 0.29) is 0 Å². The highest BCUT2D eigenvalue weighted by Crippen LogP contribution is 2.14. The average Bonchev–Trinajstić information content (AvgIpc) is 2.30. The Bertz CT molecular complexity index is 517. The lowest BCUT2D eigenvalue weighted by molar-refractivity contribution is 1.29. The number of nitrogens with zero attached hydrogens (tertiary/aromatic N) is 1. The van der Waals surface area contributed by atoms with Gasteiger partial charge in [-0.25, -0.2) is 0 Å². The number of hydrogen-bond acceptors (Lipinski definition) is 1. The molecule has 2 rings (SSSR count). The summed E-state index contributed by atoms with van der Waals surface area (Å²) in [6, 6.07) is 9.98. The lowest BCUT2D eigenvalue weighted by Crippen LogP contribution is -1.82. The van der Waals surface area contributed by atoms with Crippen LogP contribution in [0.15, 0.2) is 36.5 Å². The standard InChI is InChI=1S/C13H10ClN/c14-9-2-1-5-11-6-3-7-12-8-4-10-15-13(11)12/h3-4,6-8,10H,2,9H2. The lowest BCUT2D eigenvalue weighted by Gasteiger charge is -1.97. The van der Waals surface area contributed by atoms with Gasteiger partial charge in [-0.05, 0) is 12.1 Å². The Hall–Kier alpha value is -1.52. The second kappa shape index (κ2) is 4.82. The number of rotatable bonds is 1. The van der Waals surface area contributed by atoms with Gasteiger partial charge in [0, 0.05) is 23.9 Å². The SMILES string of the molecule is ClCCC#Cc1cccc2cccnc12. The van der Waals surface area contributed by atoms with E-state index < -0.39 is 0 Å². The van der Waals surface area contributed by atoms with Gasteiger partial charge in [0.1, 0.15) is 0 Å². The number of benzene rings is 1. The van der Waals surface area contributed by atoms with Gasteiger partial charge in [-0.1, -0.05) is 30.0 Å². The number of fused-ring (bicyclic) bond motifs is 1. The van der Waals surface area contributed by atoms with Crippen molar-refractivity contribution in [2.45, 2.75) is 6.42 Å². The molecule has 0 bridgehead atoms. The monoisotopic (exact) mass is 215 g/mol. The Balaban J connectivity index is 2.48. The average molecular weight is 216 g/mol. The maximum atomic E-state index is 5.57. The Morgan fingerprint density at radius 3 is 2.93 bits per heavy atom. The van der Waals surface area contributed by atoms with Crippen molar-refractivity contribution in [2.24, 2.45) is 0 Å². The molecule has 0 spiro atoms. The molecule has 2 heteroatoms. The summed E-state index contributed by atoms with van der Waals surface area (Å²) in [6.45, 7) is 0. The van der Waals surface area contributed by atoms with E-state index in [4.69, 9.17) is 11.6 Å². The van der Waals surface area contributed by atoms with E-state index in [9.17, 15) is 0 Å². The molecule has 0 aliphatic rings. The lowest BCUT2D eigenvalue weighted by atomic mass is 10.1. The van der Waals surface area contributed by atoms with Gasteiger partial charge in [0.2, 0.25) is 0 Å². The van der Waals surface area contributed by atoms with E-state index in [0.717, 1.165) is 16.5 Å². The molecule has 0 N–H and O–H groups in total. The van der Waals surface area contributed by atoms with Gasteiger partial charge in [-0.15, -0.1) is 11.6 Å². The van der Waals surface area contributed by atoms with Gasteiger partial charge in [0.25, 0.3) is 0 Å². The molecule has 2 aromatic rings. The van der Waals surface area contributed by atoms with E-state index in [2.05, 4.69) is 16.8 Å². The fourth-order valence-electron chi connectivity index (χ4n) is 1.41. The number of pyridine rings is 1. The zero-order valence-corrected chi connectivity index (χ0v) is 8.96. The highest BCUT2D eigenvalue weighted by atomic mass is 35.5. The van der Waals surface area contributed by atoms with E-state index in [0.29, 0.717) is 12.3 Å². The van der Waals surface area contributed by atoms with E-state index in [1.807, 2.05) is 30.3 Å². The summed E-state index contributed by atoms with van der Waals surface area (Å²) >= 11 is 5.57. The van der Waals surface area contributed by atoms with Gasteiger partial charge in [-0.2, -0.15) is 0 Å². The van der Waals surface area contributed by atoms with Crippen LogP contribution in [-0.4, -0.2) is 10.9 Å². The summed E-state index contributed by atoms with van der Waals surface area (Å²) in [7, 11) is 0. The van der Waals surface area contributed by atoms with Crippen molar-refractivity contribution in [3.05, 3.63) is 42.1 Å². The molecule has 0 atom stereocenters. The van der Waals surface area contributed by atoms with Crippen molar-refractivity contribution in [1.29, 1.82) is 0 Å². The molecule has 15 heavy (non-hydrogen) atoms. The van der Waals surface area contributed by atoms with Gasteiger partial charge in [0.15, 0.2) is 0 Å². The van der Waals surface area contributed by atoms with Crippen molar-refractivity contribution in [3.63, 3.8) is 0 Å². The fourth-order valence-corrected chi connectivity index (χ4v) is 1.50. The molecule has 0 fully saturated rings. The molecule has 1 aromatic heterocycles. The minimum atomic E-state index is 0.575. The predicted molar refractivity (Wildman–Crippen MR) is 64.0 cm³/mol. The second-order valence-corrected chi connectivity index (χ2v) is 3.50. The first-order chi connectivity index (χ1) is 7.42. The molecule has 0 unspecified atom stereocenters. The normalized spacial score (nSPS) is 9.67. The molecule has 74 valence electrons. The smallest absolute Gasteiger partial charge is 0.0858 e. The highest BCUT2D eigenvalue weighted by Gasteiger charge is 1.97. The molecule has 1 heterocycles. The van der Waals surface area contributed by atoms with Crippen LogP contribution in [0.4, 0.5) is 0 Å². The van der Waals surface area contributed by atoms with Crippen LogP contribution in [0.5, 0.6) is 0 Å². The Morgan fingerprint density at radius 1 is 1.20 bits per heavy atom.